The predicted octanol–water partition coefficient (Wildman–Crippen LogP) is 2.75. The molecule has 5 aromatic rings. The van der Waals surface area contributed by atoms with Crippen LogP contribution in [-0.4, -0.2) is 29.9 Å². The van der Waals surface area contributed by atoms with Crippen molar-refractivity contribution in [3.05, 3.63) is 42.7 Å². The predicted molar refractivity (Wildman–Crippen MR) is 93.5 cm³/mol. The van der Waals surface area contributed by atoms with Gasteiger partial charge in [-0.1, -0.05) is 0 Å². The van der Waals surface area contributed by atoms with Crippen molar-refractivity contribution in [1.82, 2.24) is 29.9 Å². The summed E-state index contributed by atoms with van der Waals surface area (Å²) in [5.41, 5.74) is 10.3. The van der Waals surface area contributed by atoms with Gasteiger partial charge in [-0.05, 0) is 36.4 Å². The SMILES string of the molecule is Cn1cnc2ccc(-c3nnc(-c4ccc5[nH]nc(N)c5c4)o3)cc21. The van der Waals surface area contributed by atoms with Crippen LogP contribution in [0.3, 0.4) is 0 Å². The van der Waals surface area contributed by atoms with E-state index in [2.05, 4.69) is 25.4 Å². The number of aryl methyl sites for hydroxylation is 1. The molecule has 0 bridgehead atoms. The maximum Gasteiger partial charge on any atom is 0.248 e. The Labute approximate surface area is 141 Å². The summed E-state index contributed by atoms with van der Waals surface area (Å²) in [4.78, 5) is 4.31. The Hall–Kier alpha value is -3.68. The average molecular weight is 331 g/mol. The normalized spacial score (nSPS) is 11.6. The van der Waals surface area contributed by atoms with Gasteiger partial charge in [0.1, 0.15) is 0 Å². The van der Waals surface area contributed by atoms with E-state index in [1.807, 2.05) is 48.0 Å². The Morgan fingerprint density at radius 1 is 1.04 bits per heavy atom. The first kappa shape index (κ1) is 13.7. The van der Waals surface area contributed by atoms with Crippen LogP contribution in [0.4, 0.5) is 5.82 Å². The van der Waals surface area contributed by atoms with Gasteiger partial charge in [0.15, 0.2) is 5.82 Å². The van der Waals surface area contributed by atoms with Crippen molar-refractivity contribution in [2.45, 2.75) is 0 Å². The van der Waals surface area contributed by atoms with Crippen LogP contribution in [0, 0.1) is 0 Å². The van der Waals surface area contributed by atoms with E-state index in [-0.39, 0.29) is 0 Å². The zero-order chi connectivity index (χ0) is 17.0. The Bertz CT molecular complexity index is 1140. The van der Waals surface area contributed by atoms with Gasteiger partial charge < -0.3 is 14.7 Å². The number of nitrogens with two attached hydrogens (primary N) is 1. The molecule has 0 radical (unpaired) electrons. The highest BCUT2D eigenvalue weighted by atomic mass is 16.4. The Kier molecular flexibility index (Phi) is 2.69. The molecule has 0 fully saturated rings. The number of fused-ring (bicyclic) bond motifs is 2. The summed E-state index contributed by atoms with van der Waals surface area (Å²) in [7, 11) is 1.95. The van der Waals surface area contributed by atoms with Gasteiger partial charge in [0.25, 0.3) is 0 Å². The first-order valence-corrected chi connectivity index (χ1v) is 7.68. The van der Waals surface area contributed by atoms with Crippen LogP contribution in [0.2, 0.25) is 0 Å². The molecular formula is C17H13N7O. The Morgan fingerprint density at radius 2 is 1.80 bits per heavy atom. The molecule has 3 heterocycles. The van der Waals surface area contributed by atoms with Gasteiger partial charge in [-0.2, -0.15) is 5.10 Å². The molecule has 5 rings (SSSR count). The third-order valence-corrected chi connectivity index (χ3v) is 4.24. The largest absolute Gasteiger partial charge is 0.416 e. The second kappa shape index (κ2) is 4.91. The summed E-state index contributed by atoms with van der Waals surface area (Å²) >= 11 is 0. The summed E-state index contributed by atoms with van der Waals surface area (Å²) in [5.74, 6) is 1.33. The number of imidazole rings is 1. The fraction of sp³-hybridized carbons (Fsp3) is 0.0588. The van der Waals surface area contributed by atoms with Gasteiger partial charge in [-0.25, -0.2) is 4.98 Å². The van der Waals surface area contributed by atoms with E-state index in [1.165, 1.54) is 0 Å². The Balaban J connectivity index is 1.59. The van der Waals surface area contributed by atoms with Crippen molar-refractivity contribution in [2.75, 3.05) is 5.73 Å². The van der Waals surface area contributed by atoms with Gasteiger partial charge in [0.05, 0.1) is 22.9 Å². The summed E-state index contributed by atoms with van der Waals surface area (Å²) in [6.07, 6.45) is 1.78. The van der Waals surface area contributed by atoms with Crippen LogP contribution in [-0.2, 0) is 7.05 Å². The number of anilines is 1. The topological polar surface area (TPSA) is 111 Å². The second-order valence-electron chi connectivity index (χ2n) is 5.84. The van der Waals surface area contributed by atoms with E-state index in [0.29, 0.717) is 17.6 Å². The molecule has 0 amide bonds. The minimum absolute atomic E-state index is 0.433. The number of aromatic amines is 1. The molecule has 122 valence electrons. The van der Waals surface area contributed by atoms with Gasteiger partial charge >= 0.3 is 0 Å². The lowest BCUT2D eigenvalue weighted by atomic mass is 10.1. The molecular weight excluding hydrogens is 318 g/mol. The number of nitrogens with zero attached hydrogens (tertiary/aromatic N) is 5. The first-order valence-electron chi connectivity index (χ1n) is 7.68. The number of benzene rings is 2. The second-order valence-corrected chi connectivity index (χ2v) is 5.84. The lowest BCUT2D eigenvalue weighted by molar-refractivity contribution is 0.585. The number of nitrogen functional groups attached to an aromatic ring is 1. The van der Waals surface area contributed by atoms with Gasteiger partial charge in [0.2, 0.25) is 11.8 Å². The van der Waals surface area contributed by atoms with E-state index in [0.717, 1.165) is 33.1 Å². The molecule has 2 aromatic carbocycles. The van der Waals surface area contributed by atoms with Gasteiger partial charge in [-0.15, -0.1) is 10.2 Å². The molecule has 0 atom stereocenters. The molecule has 3 aromatic heterocycles. The molecule has 0 aliphatic heterocycles. The number of H-pyrrole nitrogens is 1. The number of aromatic nitrogens is 6. The smallest absolute Gasteiger partial charge is 0.248 e. The molecule has 25 heavy (non-hydrogen) atoms. The highest BCUT2D eigenvalue weighted by molar-refractivity contribution is 5.91. The minimum Gasteiger partial charge on any atom is -0.416 e. The van der Waals surface area contributed by atoms with Crippen molar-refractivity contribution in [3.8, 4) is 22.9 Å². The van der Waals surface area contributed by atoms with E-state index < -0.39 is 0 Å². The van der Waals surface area contributed by atoms with Crippen LogP contribution in [0.5, 0.6) is 0 Å². The number of hydrogen-bond acceptors (Lipinski definition) is 6. The molecule has 0 aliphatic rings. The molecule has 0 saturated carbocycles. The van der Waals surface area contributed by atoms with Gasteiger partial charge in [0, 0.05) is 23.6 Å². The summed E-state index contributed by atoms with van der Waals surface area (Å²) in [6, 6.07) is 11.5. The monoisotopic (exact) mass is 331 g/mol. The molecule has 3 N–H and O–H groups in total. The van der Waals surface area contributed by atoms with E-state index in [4.69, 9.17) is 10.2 Å². The quantitative estimate of drug-likeness (QED) is 0.514. The van der Waals surface area contributed by atoms with Crippen LogP contribution in [0.1, 0.15) is 0 Å². The van der Waals surface area contributed by atoms with E-state index >= 15 is 0 Å². The van der Waals surface area contributed by atoms with Crippen LogP contribution >= 0.6 is 0 Å². The molecule has 0 unspecified atom stereocenters. The summed E-state index contributed by atoms with van der Waals surface area (Å²) in [6.45, 7) is 0. The molecule has 0 aliphatic carbocycles. The maximum atomic E-state index is 5.86. The molecule has 0 spiro atoms. The summed E-state index contributed by atoms with van der Waals surface area (Å²) < 4.78 is 7.81. The Morgan fingerprint density at radius 3 is 2.64 bits per heavy atom. The lowest BCUT2D eigenvalue weighted by Crippen LogP contribution is -1.85. The number of rotatable bonds is 2. The molecule has 8 nitrogen and oxygen atoms in total. The lowest BCUT2D eigenvalue weighted by Gasteiger charge is -1.98. The standard InChI is InChI=1S/C17H13N7O/c1-24-8-19-13-5-3-10(7-14(13)24)17-23-22-16(25-17)9-2-4-12-11(6-9)15(18)21-20-12/h2-8H,1H3,(H3,18,20,21). The fourth-order valence-electron chi connectivity index (χ4n) is 2.88. The van der Waals surface area contributed by atoms with Crippen LogP contribution in [0.25, 0.3) is 44.8 Å². The van der Waals surface area contributed by atoms with Gasteiger partial charge in [-0.3, -0.25) is 5.10 Å². The molecule has 8 heteroatoms. The van der Waals surface area contributed by atoms with E-state index in [1.54, 1.807) is 6.33 Å². The molecule has 0 saturated heterocycles. The highest BCUT2D eigenvalue weighted by Gasteiger charge is 2.13. The van der Waals surface area contributed by atoms with E-state index in [9.17, 15) is 0 Å². The zero-order valence-electron chi connectivity index (χ0n) is 13.3. The van der Waals surface area contributed by atoms with Crippen molar-refractivity contribution in [3.63, 3.8) is 0 Å². The number of nitrogens with one attached hydrogen (secondary N) is 1. The zero-order valence-corrected chi connectivity index (χ0v) is 13.3. The minimum atomic E-state index is 0.433. The van der Waals surface area contributed by atoms with Crippen LogP contribution < -0.4 is 5.73 Å². The van der Waals surface area contributed by atoms with Crippen molar-refractivity contribution in [1.29, 1.82) is 0 Å². The highest BCUT2D eigenvalue weighted by Crippen LogP contribution is 2.29. The first-order chi connectivity index (χ1) is 12.2. The maximum absolute atomic E-state index is 5.86. The third kappa shape index (κ3) is 2.08. The van der Waals surface area contributed by atoms with Crippen molar-refractivity contribution in [2.24, 2.45) is 7.05 Å². The summed E-state index contributed by atoms with van der Waals surface area (Å²) in [5, 5.41) is 16.0. The van der Waals surface area contributed by atoms with Crippen LogP contribution in [0.15, 0.2) is 47.1 Å². The third-order valence-electron chi connectivity index (χ3n) is 4.24. The van der Waals surface area contributed by atoms with Crippen molar-refractivity contribution >= 4 is 27.8 Å². The number of hydrogen-bond donors (Lipinski definition) is 2. The fourth-order valence-corrected chi connectivity index (χ4v) is 2.88. The van der Waals surface area contributed by atoms with Crippen molar-refractivity contribution < 1.29 is 4.42 Å². The average Bonchev–Trinajstić information content (AvgIpc) is 3.35.